The molecule has 0 amide bonds. The predicted molar refractivity (Wildman–Crippen MR) is 168 cm³/mol. The van der Waals surface area contributed by atoms with Crippen molar-refractivity contribution >= 4 is 22.0 Å². The summed E-state index contributed by atoms with van der Waals surface area (Å²) in [6.07, 6.45) is 5.29. The SMILES string of the molecule is CC(C)c1nc(N(C)S(C)(=O)=O)nc(-c2ccc(F)cc2)c1/C=C/[C@@H]1CC(OCc2ccccc2)CC(OC(C)(C)C)O1. The molecule has 4 rings (SSSR count). The molecule has 0 N–H and O–H groups in total. The first kappa shape index (κ1) is 32.7. The van der Waals surface area contributed by atoms with E-state index in [0.29, 0.717) is 42.0 Å². The summed E-state index contributed by atoms with van der Waals surface area (Å²) >= 11 is 0. The van der Waals surface area contributed by atoms with Crippen molar-refractivity contribution in [2.75, 3.05) is 17.6 Å². The van der Waals surface area contributed by atoms with Gasteiger partial charge < -0.3 is 14.2 Å². The molecule has 2 aromatic carbocycles. The lowest BCUT2D eigenvalue weighted by Gasteiger charge is -2.37. The summed E-state index contributed by atoms with van der Waals surface area (Å²) in [5.41, 5.74) is 3.18. The molecule has 10 heteroatoms. The molecule has 1 saturated heterocycles. The van der Waals surface area contributed by atoms with Crippen LogP contribution >= 0.6 is 0 Å². The molecule has 1 aliphatic rings. The fraction of sp³-hybridized carbons (Fsp3) is 0.455. The van der Waals surface area contributed by atoms with Crippen molar-refractivity contribution in [1.29, 1.82) is 0 Å². The number of sulfonamides is 1. The van der Waals surface area contributed by atoms with Gasteiger partial charge in [-0.3, -0.25) is 0 Å². The van der Waals surface area contributed by atoms with Crippen LogP contribution in [0.1, 0.15) is 70.2 Å². The molecule has 1 aliphatic heterocycles. The Bertz CT molecular complexity index is 1510. The monoisotopic (exact) mass is 611 g/mol. The minimum absolute atomic E-state index is 0.0459. The fourth-order valence-electron chi connectivity index (χ4n) is 4.79. The molecule has 0 spiro atoms. The number of hydrogen-bond donors (Lipinski definition) is 0. The third-order valence-electron chi connectivity index (χ3n) is 6.98. The Labute approximate surface area is 255 Å². The molecule has 3 aromatic rings. The van der Waals surface area contributed by atoms with Crippen molar-refractivity contribution < 1.29 is 27.0 Å². The number of halogens is 1. The summed E-state index contributed by atoms with van der Waals surface area (Å²) in [5, 5.41) is 0. The Kier molecular flexibility index (Phi) is 10.4. The fourth-order valence-corrected chi connectivity index (χ4v) is 5.17. The van der Waals surface area contributed by atoms with Gasteiger partial charge >= 0.3 is 0 Å². The van der Waals surface area contributed by atoms with Gasteiger partial charge in [-0.05, 0) is 56.5 Å². The number of nitrogens with zero attached hydrogens (tertiary/aromatic N) is 3. The average Bonchev–Trinajstić information content (AvgIpc) is 2.93. The molecule has 0 bridgehead atoms. The minimum atomic E-state index is -3.62. The summed E-state index contributed by atoms with van der Waals surface area (Å²) in [7, 11) is -2.20. The zero-order valence-electron chi connectivity index (χ0n) is 26.0. The largest absolute Gasteiger partial charge is 0.373 e. The van der Waals surface area contributed by atoms with Crippen LogP contribution in [0.4, 0.5) is 10.3 Å². The topological polar surface area (TPSA) is 90.9 Å². The van der Waals surface area contributed by atoms with Gasteiger partial charge in [0.15, 0.2) is 6.29 Å². The standard InChI is InChI=1S/C33H42FN3O5S/c1-22(2)30-28(31(24-13-15-25(34)16-14-24)36-32(35-30)37(6)43(7,38)39)18-17-26-19-27(20-29(41-26)42-33(3,4)5)40-21-23-11-9-8-10-12-23/h8-18,22,26-27,29H,19-21H2,1-7H3/b18-17+/t26-,27?,29?/m1/s1. The summed E-state index contributed by atoms with van der Waals surface area (Å²) < 4.78 is 58.6. The zero-order valence-corrected chi connectivity index (χ0v) is 26.8. The zero-order chi connectivity index (χ0) is 31.4. The molecular weight excluding hydrogens is 569 g/mol. The molecular formula is C33H42FN3O5S. The quantitative estimate of drug-likeness (QED) is 0.251. The van der Waals surface area contributed by atoms with Gasteiger partial charge in [0.1, 0.15) is 5.82 Å². The average molecular weight is 612 g/mol. The number of anilines is 1. The van der Waals surface area contributed by atoms with Crippen molar-refractivity contribution in [2.45, 2.75) is 84.1 Å². The Balaban J connectivity index is 1.71. The van der Waals surface area contributed by atoms with Crippen molar-refractivity contribution in [3.8, 4) is 11.3 Å². The van der Waals surface area contributed by atoms with E-state index in [1.54, 1.807) is 12.1 Å². The molecule has 0 aliphatic carbocycles. The van der Waals surface area contributed by atoms with Crippen LogP contribution in [0.25, 0.3) is 17.3 Å². The van der Waals surface area contributed by atoms with Gasteiger partial charge in [-0.25, -0.2) is 27.1 Å². The van der Waals surface area contributed by atoms with Gasteiger partial charge in [0, 0.05) is 31.0 Å². The lowest BCUT2D eigenvalue weighted by atomic mass is 9.96. The van der Waals surface area contributed by atoms with Crippen LogP contribution < -0.4 is 4.31 Å². The highest BCUT2D eigenvalue weighted by molar-refractivity contribution is 7.92. The molecule has 232 valence electrons. The van der Waals surface area contributed by atoms with Crippen LogP contribution in [0.3, 0.4) is 0 Å². The minimum Gasteiger partial charge on any atom is -0.373 e. The third-order valence-corrected chi connectivity index (χ3v) is 8.13. The third kappa shape index (κ3) is 9.15. The van der Waals surface area contributed by atoms with E-state index in [9.17, 15) is 12.8 Å². The van der Waals surface area contributed by atoms with E-state index in [1.165, 1.54) is 19.2 Å². The van der Waals surface area contributed by atoms with Gasteiger partial charge in [0.2, 0.25) is 16.0 Å². The van der Waals surface area contributed by atoms with Crippen LogP contribution in [-0.4, -0.2) is 55.8 Å². The van der Waals surface area contributed by atoms with Crippen LogP contribution in [0.5, 0.6) is 0 Å². The van der Waals surface area contributed by atoms with E-state index in [2.05, 4.69) is 9.97 Å². The van der Waals surface area contributed by atoms with Crippen molar-refractivity contribution in [2.24, 2.45) is 0 Å². The van der Waals surface area contributed by atoms with E-state index in [-0.39, 0.29) is 29.9 Å². The van der Waals surface area contributed by atoms with E-state index >= 15 is 0 Å². The van der Waals surface area contributed by atoms with Gasteiger partial charge in [-0.1, -0.05) is 56.3 Å². The van der Waals surface area contributed by atoms with E-state index in [0.717, 1.165) is 16.1 Å². The Hall–Kier alpha value is -3.18. The maximum Gasteiger partial charge on any atom is 0.239 e. The van der Waals surface area contributed by atoms with Gasteiger partial charge in [0.05, 0.1) is 42.1 Å². The molecule has 1 aromatic heterocycles. The molecule has 8 nitrogen and oxygen atoms in total. The van der Waals surface area contributed by atoms with Gasteiger partial charge in [0.25, 0.3) is 0 Å². The van der Waals surface area contributed by atoms with Crippen LogP contribution in [-0.2, 0) is 30.8 Å². The van der Waals surface area contributed by atoms with E-state index in [1.807, 2.05) is 77.1 Å². The van der Waals surface area contributed by atoms with Crippen LogP contribution in [0.2, 0.25) is 0 Å². The first-order valence-electron chi connectivity index (χ1n) is 14.5. The second-order valence-electron chi connectivity index (χ2n) is 12.1. The molecule has 3 atom stereocenters. The number of ether oxygens (including phenoxy) is 3. The summed E-state index contributed by atoms with van der Waals surface area (Å²) in [4.78, 5) is 9.33. The van der Waals surface area contributed by atoms with Crippen LogP contribution in [0.15, 0.2) is 60.7 Å². The molecule has 0 saturated carbocycles. The van der Waals surface area contributed by atoms with Crippen molar-refractivity contribution in [1.82, 2.24) is 9.97 Å². The summed E-state index contributed by atoms with van der Waals surface area (Å²) in [6.45, 7) is 10.4. The second kappa shape index (κ2) is 13.6. The highest BCUT2D eigenvalue weighted by Crippen LogP contribution is 2.33. The summed E-state index contributed by atoms with van der Waals surface area (Å²) in [6, 6.07) is 16.0. The number of rotatable bonds is 10. The number of hydrogen-bond acceptors (Lipinski definition) is 7. The normalized spacial score (nSPS) is 19.7. The Morgan fingerprint density at radius 2 is 1.74 bits per heavy atom. The first-order chi connectivity index (χ1) is 20.2. The predicted octanol–water partition coefficient (Wildman–Crippen LogP) is 6.72. The molecule has 2 heterocycles. The Morgan fingerprint density at radius 3 is 2.35 bits per heavy atom. The number of aromatic nitrogens is 2. The molecule has 2 unspecified atom stereocenters. The second-order valence-corrected chi connectivity index (χ2v) is 14.2. The van der Waals surface area contributed by atoms with Gasteiger partial charge in [-0.15, -0.1) is 0 Å². The maximum absolute atomic E-state index is 13.9. The van der Waals surface area contributed by atoms with E-state index in [4.69, 9.17) is 14.2 Å². The smallest absolute Gasteiger partial charge is 0.239 e. The van der Waals surface area contributed by atoms with Gasteiger partial charge in [-0.2, -0.15) is 0 Å². The summed E-state index contributed by atoms with van der Waals surface area (Å²) in [5.74, 6) is -0.404. The van der Waals surface area contributed by atoms with Crippen LogP contribution in [0, 0.1) is 5.82 Å². The Morgan fingerprint density at radius 1 is 1.07 bits per heavy atom. The molecule has 1 fully saturated rings. The molecule has 43 heavy (non-hydrogen) atoms. The lowest BCUT2D eigenvalue weighted by molar-refractivity contribution is -0.246. The molecule has 0 radical (unpaired) electrons. The van der Waals surface area contributed by atoms with Crippen molar-refractivity contribution in [3.05, 3.63) is 83.3 Å². The van der Waals surface area contributed by atoms with Crippen molar-refractivity contribution in [3.63, 3.8) is 0 Å². The lowest BCUT2D eigenvalue weighted by Crippen LogP contribution is -2.41. The maximum atomic E-state index is 13.9. The van der Waals surface area contributed by atoms with E-state index < -0.39 is 21.9 Å². The highest BCUT2D eigenvalue weighted by Gasteiger charge is 2.32. The first-order valence-corrected chi connectivity index (χ1v) is 16.3. The number of benzene rings is 2. The highest BCUT2D eigenvalue weighted by atomic mass is 32.2.